The molecule has 10 atom stereocenters. The SMILES string of the molecule is CN[C@@H](C)C(=O)N[C@H](C(=O)N1C[C@@H](NC(=O)CC(C)(O)CC(=O)N[C@H]2C[C@@H](C(=O)N[C@@H]3CCCc4ccccc43)N(C(=O)[C@@H](NC(=O)[C@H](C)NC)C(C)(C)C)C2)C[C@H]1C(=O)N[C@@H]1CCCc2ccccc21)C(C)(C)C. The smallest absolute Gasteiger partial charge is 0.246 e. The van der Waals surface area contributed by atoms with Crippen molar-refractivity contribution < 1.29 is 43.5 Å². The normalized spacial score (nSPS) is 23.3. The van der Waals surface area contributed by atoms with E-state index in [0.717, 1.165) is 47.9 Å². The summed E-state index contributed by atoms with van der Waals surface area (Å²) in [5.41, 5.74) is 0.938. The lowest BCUT2D eigenvalue weighted by Gasteiger charge is -2.36. The van der Waals surface area contributed by atoms with Crippen molar-refractivity contribution in [2.75, 3.05) is 27.2 Å². The third-order valence-electron chi connectivity index (χ3n) is 15.4. The predicted molar refractivity (Wildman–Crippen MR) is 284 cm³/mol. The molecule has 0 unspecified atom stereocenters. The Bertz CT molecular complexity index is 2270. The van der Waals surface area contributed by atoms with Gasteiger partial charge in [0.15, 0.2) is 0 Å². The second kappa shape index (κ2) is 24.4. The molecule has 0 bridgehead atoms. The highest BCUT2D eigenvalue weighted by Gasteiger charge is 2.48. The number of carbonyl (C=O) groups is 8. The summed E-state index contributed by atoms with van der Waals surface area (Å²) in [5, 5.41) is 35.4. The first-order valence-corrected chi connectivity index (χ1v) is 26.8. The molecule has 0 aromatic heterocycles. The Labute approximate surface area is 443 Å². The average Bonchev–Trinajstić information content (AvgIpc) is 3.97. The fourth-order valence-electron chi connectivity index (χ4n) is 10.9. The Morgan fingerprint density at radius 1 is 0.573 bits per heavy atom. The van der Waals surface area contributed by atoms with Crippen LogP contribution in [0.1, 0.15) is 148 Å². The molecule has 0 saturated carbocycles. The van der Waals surface area contributed by atoms with Gasteiger partial charge in [0.1, 0.15) is 24.2 Å². The second-order valence-corrected chi connectivity index (χ2v) is 23.8. The van der Waals surface area contributed by atoms with Crippen LogP contribution < -0.4 is 42.5 Å². The number of nitrogens with one attached hydrogen (secondary N) is 8. The molecule has 2 fully saturated rings. The summed E-state index contributed by atoms with van der Waals surface area (Å²) in [4.78, 5) is 115. The number of hydrogen-bond acceptors (Lipinski definition) is 11. The van der Waals surface area contributed by atoms with E-state index in [-0.39, 0.29) is 61.6 Å². The van der Waals surface area contributed by atoms with E-state index < -0.39 is 101 Å². The fourth-order valence-corrected chi connectivity index (χ4v) is 10.9. The largest absolute Gasteiger partial charge is 0.389 e. The number of carbonyl (C=O) groups excluding carboxylic acids is 8. The third kappa shape index (κ3) is 14.7. The van der Waals surface area contributed by atoms with Crippen molar-refractivity contribution >= 4 is 47.3 Å². The molecule has 4 aliphatic rings. The number of nitrogens with zero attached hydrogens (tertiary/aromatic N) is 2. The van der Waals surface area contributed by atoms with Gasteiger partial charge >= 0.3 is 0 Å². The van der Waals surface area contributed by atoms with Crippen LogP contribution in [0.15, 0.2) is 48.5 Å². The number of rotatable bonds is 18. The number of benzene rings is 2. The van der Waals surface area contributed by atoms with Crippen LogP contribution in [0.5, 0.6) is 0 Å². The summed E-state index contributed by atoms with van der Waals surface area (Å²) in [6.07, 6.45) is 4.05. The fraction of sp³-hybridized carbons (Fsp3) is 0.643. The van der Waals surface area contributed by atoms with Crippen LogP contribution in [0.2, 0.25) is 0 Å². The van der Waals surface area contributed by atoms with Gasteiger partial charge < -0.3 is 57.4 Å². The molecule has 75 heavy (non-hydrogen) atoms. The summed E-state index contributed by atoms with van der Waals surface area (Å²) < 4.78 is 0. The summed E-state index contributed by atoms with van der Waals surface area (Å²) in [5.74, 6) is -3.73. The van der Waals surface area contributed by atoms with Crippen molar-refractivity contribution in [3.8, 4) is 0 Å². The van der Waals surface area contributed by atoms with Gasteiger partial charge in [-0.1, -0.05) is 90.1 Å². The Morgan fingerprint density at radius 3 is 1.28 bits per heavy atom. The van der Waals surface area contributed by atoms with Gasteiger partial charge in [-0.15, -0.1) is 0 Å². The van der Waals surface area contributed by atoms with Crippen LogP contribution in [0, 0.1) is 10.8 Å². The molecule has 0 spiro atoms. The molecule has 2 heterocycles. The number of amides is 8. The zero-order valence-electron chi connectivity index (χ0n) is 46.0. The average molecular weight is 1040 g/mol. The third-order valence-corrected chi connectivity index (χ3v) is 15.4. The van der Waals surface area contributed by atoms with Gasteiger partial charge in [0.25, 0.3) is 0 Å². The molecule has 19 nitrogen and oxygen atoms in total. The minimum absolute atomic E-state index is 0.0518. The maximum atomic E-state index is 14.6. The van der Waals surface area contributed by atoms with Gasteiger partial charge in [0.05, 0.1) is 42.6 Å². The maximum Gasteiger partial charge on any atom is 0.246 e. The van der Waals surface area contributed by atoms with Crippen LogP contribution in [0.4, 0.5) is 0 Å². The molecule has 0 radical (unpaired) electrons. The molecule has 9 N–H and O–H groups in total. The lowest BCUT2D eigenvalue weighted by Crippen LogP contribution is -2.59. The minimum Gasteiger partial charge on any atom is -0.389 e. The van der Waals surface area contributed by atoms with Crippen molar-refractivity contribution in [1.29, 1.82) is 0 Å². The Balaban J connectivity index is 1.15. The molecule has 2 saturated heterocycles. The van der Waals surface area contributed by atoms with Crippen LogP contribution in [0.25, 0.3) is 0 Å². The van der Waals surface area contributed by atoms with E-state index in [1.165, 1.54) is 16.7 Å². The number of fused-ring (bicyclic) bond motifs is 2. The number of hydrogen-bond donors (Lipinski definition) is 9. The molecule has 412 valence electrons. The lowest BCUT2D eigenvalue weighted by atomic mass is 9.85. The van der Waals surface area contributed by atoms with Crippen molar-refractivity contribution in [1.82, 2.24) is 52.3 Å². The van der Waals surface area contributed by atoms with E-state index in [1.807, 2.05) is 90.1 Å². The minimum atomic E-state index is -1.87. The van der Waals surface area contributed by atoms with Crippen LogP contribution in [-0.2, 0) is 51.2 Å². The van der Waals surface area contributed by atoms with Gasteiger partial charge in [0, 0.05) is 25.2 Å². The lowest BCUT2D eigenvalue weighted by molar-refractivity contribution is -0.144. The van der Waals surface area contributed by atoms with E-state index in [0.29, 0.717) is 12.8 Å². The molecule has 2 aliphatic heterocycles. The highest BCUT2D eigenvalue weighted by molar-refractivity contribution is 5.96. The van der Waals surface area contributed by atoms with Gasteiger partial charge in [0.2, 0.25) is 47.3 Å². The van der Waals surface area contributed by atoms with E-state index in [2.05, 4.69) is 42.5 Å². The molecule has 2 aromatic rings. The van der Waals surface area contributed by atoms with Crippen LogP contribution in [0.3, 0.4) is 0 Å². The number of likely N-dealkylation sites (tertiary alicyclic amines) is 2. The van der Waals surface area contributed by atoms with Crippen LogP contribution >= 0.6 is 0 Å². The molecule has 6 rings (SSSR count). The topological polar surface area (TPSA) is 260 Å². The monoisotopic (exact) mass is 1040 g/mol. The first-order valence-electron chi connectivity index (χ1n) is 26.8. The molecule has 19 heteroatoms. The quantitative estimate of drug-likeness (QED) is 0.105. The summed E-state index contributed by atoms with van der Waals surface area (Å²) >= 11 is 0. The number of aryl methyl sites for hydroxylation is 2. The van der Waals surface area contributed by atoms with E-state index in [4.69, 9.17) is 0 Å². The van der Waals surface area contributed by atoms with Crippen LogP contribution in [-0.4, -0.2) is 143 Å². The van der Waals surface area contributed by atoms with E-state index in [9.17, 15) is 43.5 Å². The van der Waals surface area contributed by atoms with Crippen molar-refractivity contribution in [3.05, 3.63) is 70.8 Å². The molecule has 8 amide bonds. The molecular formula is C56H84N10O9. The Kier molecular flexibility index (Phi) is 19.0. The van der Waals surface area contributed by atoms with E-state index in [1.54, 1.807) is 27.9 Å². The summed E-state index contributed by atoms with van der Waals surface area (Å²) in [6.45, 7) is 15.6. The first kappa shape index (κ1) is 58.3. The highest BCUT2D eigenvalue weighted by Crippen LogP contribution is 2.34. The van der Waals surface area contributed by atoms with Crippen molar-refractivity contribution in [2.45, 2.75) is 193 Å². The number of aliphatic hydroxyl groups is 1. The standard InChI is InChI=1S/C56H84N10O9/c1-32(57-10)48(69)63-46(54(3,4)5)52(73)65-30-36(26-42(65)50(71)61-40-24-16-20-34-18-12-14-22-38(34)40)59-44(67)28-56(9,75)29-45(68)60-37-27-43(51(72)62-41-25-17-21-35-19-13-15-23-39(35)41)66(31-37)53(74)47(55(6,7)8)64-49(70)33(2)58-11/h12-15,18-19,22-23,32-33,36-37,40-43,46-47,57-58,75H,16-17,20-21,24-31H2,1-11H3,(H,59,67)(H,60,68)(H,61,71)(H,62,72)(H,63,69)(H,64,70)/t32-,33-,36-,37-,40+,41+,42-,43-,46+,47+/m0/s1. The van der Waals surface area contributed by atoms with Crippen molar-refractivity contribution in [2.24, 2.45) is 10.8 Å². The molecule has 2 aromatic carbocycles. The predicted octanol–water partition coefficient (Wildman–Crippen LogP) is 2.35. The zero-order valence-corrected chi connectivity index (χ0v) is 46.0. The number of likely N-dealkylation sites (N-methyl/N-ethyl adjacent to an activating group) is 2. The first-order chi connectivity index (χ1) is 35.2. The zero-order chi connectivity index (χ0) is 55.2. The molecule has 2 aliphatic carbocycles. The van der Waals surface area contributed by atoms with Gasteiger partial charge in [-0.2, -0.15) is 0 Å². The summed E-state index contributed by atoms with van der Waals surface area (Å²) in [6, 6.07) is 8.66. The molecular weight excluding hydrogens is 957 g/mol. The van der Waals surface area contributed by atoms with Gasteiger partial charge in [-0.05, 0) is 119 Å². The van der Waals surface area contributed by atoms with Crippen molar-refractivity contribution in [3.63, 3.8) is 0 Å². The van der Waals surface area contributed by atoms with Gasteiger partial charge in [-0.3, -0.25) is 38.4 Å². The second-order valence-electron chi connectivity index (χ2n) is 23.8. The Hall–Kier alpha value is -5.92. The highest BCUT2D eigenvalue weighted by atomic mass is 16.3. The van der Waals surface area contributed by atoms with Gasteiger partial charge in [-0.25, -0.2) is 0 Å². The Morgan fingerprint density at radius 2 is 0.933 bits per heavy atom. The summed E-state index contributed by atoms with van der Waals surface area (Å²) in [7, 11) is 3.28. The maximum absolute atomic E-state index is 14.6. The van der Waals surface area contributed by atoms with E-state index >= 15 is 0 Å².